The van der Waals surface area contributed by atoms with Crippen LogP contribution < -0.4 is 0 Å². The predicted octanol–water partition coefficient (Wildman–Crippen LogP) is 9.25. The highest BCUT2D eigenvalue weighted by molar-refractivity contribution is 7.92. The van der Waals surface area contributed by atoms with Gasteiger partial charge in [0.05, 0.1) is 9.79 Å². The Labute approximate surface area is 264 Å². The maximum atomic E-state index is 13.9. The minimum Gasteiger partial charge on any atom is -0.456 e. The van der Waals surface area contributed by atoms with Crippen LogP contribution in [0.3, 0.4) is 0 Å². The van der Waals surface area contributed by atoms with Crippen LogP contribution in [0.1, 0.15) is 0 Å². The van der Waals surface area contributed by atoms with Crippen LogP contribution in [0.2, 0.25) is 0 Å². The Bertz CT molecular complexity index is 2540. The van der Waals surface area contributed by atoms with Crippen molar-refractivity contribution in [1.29, 1.82) is 0 Å². The highest BCUT2D eigenvalue weighted by Gasteiger charge is 2.34. The van der Waals surface area contributed by atoms with Crippen molar-refractivity contribution in [3.8, 4) is 56.4 Å². The van der Waals surface area contributed by atoms with Gasteiger partial charge in [-0.25, -0.2) is 23.4 Å². The summed E-state index contributed by atoms with van der Waals surface area (Å²) in [5, 5.41) is 2.11. The zero-order valence-corrected chi connectivity index (χ0v) is 25.1. The van der Waals surface area contributed by atoms with Gasteiger partial charge in [-0.3, -0.25) is 0 Å². The van der Waals surface area contributed by atoms with Crippen LogP contribution in [0.15, 0.2) is 154 Å². The molecule has 0 amide bonds. The fourth-order valence-corrected chi connectivity index (χ4v) is 7.91. The fraction of sp³-hybridized carbons (Fsp3) is 0. The normalized spacial score (nSPS) is 13.1. The molecule has 0 N–H and O–H groups in total. The summed E-state index contributed by atoms with van der Waals surface area (Å²) in [7, 11) is -3.76. The Morgan fingerprint density at radius 3 is 1.70 bits per heavy atom. The van der Waals surface area contributed by atoms with Gasteiger partial charge in [0.2, 0.25) is 9.84 Å². The van der Waals surface area contributed by atoms with Crippen molar-refractivity contribution < 1.29 is 12.8 Å². The predicted molar refractivity (Wildman–Crippen MR) is 180 cm³/mol. The summed E-state index contributed by atoms with van der Waals surface area (Å²) in [5.74, 6) is 1.44. The lowest BCUT2D eigenvalue weighted by Gasteiger charge is -2.09. The summed E-state index contributed by atoms with van der Waals surface area (Å²) in [6, 6.07) is 44.4. The number of para-hydroxylation sites is 1. The molecule has 0 unspecified atom stereocenters. The van der Waals surface area contributed by atoms with E-state index >= 15 is 0 Å². The van der Waals surface area contributed by atoms with Gasteiger partial charge in [-0.15, -0.1) is 0 Å². The van der Waals surface area contributed by atoms with E-state index in [0.717, 1.165) is 44.2 Å². The number of hydrogen-bond acceptors (Lipinski definition) is 6. The Morgan fingerprint density at radius 2 is 0.978 bits per heavy atom. The van der Waals surface area contributed by atoms with E-state index in [1.165, 1.54) is 0 Å². The SMILES string of the molecule is O=S1(=O)c2ccc(-c3ccc4c(c3)oc3ccccc34)cc2-c2ccc(-c3nc(-c4ccccc4)nc(-c4ccccc4)n3)cc21. The number of rotatable bonds is 4. The van der Waals surface area contributed by atoms with Crippen molar-refractivity contribution in [2.24, 2.45) is 0 Å². The molecule has 0 saturated carbocycles. The Morgan fingerprint density at radius 1 is 0.413 bits per heavy atom. The zero-order valence-electron chi connectivity index (χ0n) is 24.3. The lowest BCUT2D eigenvalue weighted by atomic mass is 9.97. The third-order valence-corrected chi connectivity index (χ3v) is 10.4. The van der Waals surface area contributed by atoms with Crippen molar-refractivity contribution >= 4 is 31.8 Å². The van der Waals surface area contributed by atoms with E-state index in [-0.39, 0.29) is 4.90 Å². The Kier molecular flexibility index (Phi) is 5.79. The lowest BCUT2D eigenvalue weighted by molar-refractivity contribution is 0.598. The molecular weight excluding hydrogens is 591 g/mol. The molecule has 218 valence electrons. The Balaban J connectivity index is 1.15. The third kappa shape index (κ3) is 4.17. The molecule has 7 heteroatoms. The quantitative estimate of drug-likeness (QED) is 0.197. The highest BCUT2D eigenvalue weighted by atomic mass is 32.2. The molecule has 6 nitrogen and oxygen atoms in total. The first-order chi connectivity index (χ1) is 22.5. The van der Waals surface area contributed by atoms with Crippen molar-refractivity contribution in [2.45, 2.75) is 9.79 Å². The van der Waals surface area contributed by atoms with Gasteiger partial charge in [0.15, 0.2) is 17.5 Å². The molecule has 6 aromatic carbocycles. The fourth-order valence-electron chi connectivity index (χ4n) is 6.22. The van der Waals surface area contributed by atoms with Gasteiger partial charge < -0.3 is 4.42 Å². The second-order valence-electron chi connectivity index (χ2n) is 11.3. The summed E-state index contributed by atoms with van der Waals surface area (Å²) in [6.45, 7) is 0. The second kappa shape index (κ2) is 10.1. The average molecular weight is 614 g/mol. The molecule has 0 saturated heterocycles. The molecule has 3 heterocycles. The molecule has 0 bridgehead atoms. The maximum Gasteiger partial charge on any atom is 0.207 e. The number of hydrogen-bond donors (Lipinski definition) is 0. The first kappa shape index (κ1) is 26.5. The molecule has 0 radical (unpaired) electrons. The van der Waals surface area contributed by atoms with Crippen LogP contribution in [0.5, 0.6) is 0 Å². The van der Waals surface area contributed by atoms with Gasteiger partial charge in [0, 0.05) is 38.6 Å². The number of furan rings is 1. The minimum atomic E-state index is -3.76. The number of sulfone groups is 1. The van der Waals surface area contributed by atoms with E-state index in [1.54, 1.807) is 12.1 Å². The van der Waals surface area contributed by atoms with Crippen molar-refractivity contribution in [3.63, 3.8) is 0 Å². The van der Waals surface area contributed by atoms with Gasteiger partial charge in [0.25, 0.3) is 0 Å². The molecule has 46 heavy (non-hydrogen) atoms. The first-order valence-corrected chi connectivity index (χ1v) is 16.3. The summed E-state index contributed by atoms with van der Waals surface area (Å²) in [6.07, 6.45) is 0. The van der Waals surface area contributed by atoms with Gasteiger partial charge in [0.1, 0.15) is 11.2 Å². The van der Waals surface area contributed by atoms with E-state index < -0.39 is 9.84 Å². The number of fused-ring (bicyclic) bond motifs is 6. The van der Waals surface area contributed by atoms with Crippen LogP contribution in [0.4, 0.5) is 0 Å². The first-order valence-electron chi connectivity index (χ1n) is 14.9. The van der Waals surface area contributed by atoms with E-state index in [1.807, 2.05) is 115 Å². The van der Waals surface area contributed by atoms with Crippen molar-refractivity contribution in [1.82, 2.24) is 15.0 Å². The summed E-state index contributed by atoms with van der Waals surface area (Å²) in [4.78, 5) is 14.9. The van der Waals surface area contributed by atoms with Crippen LogP contribution in [0.25, 0.3) is 78.4 Å². The van der Waals surface area contributed by atoms with E-state index in [4.69, 9.17) is 19.4 Å². The van der Waals surface area contributed by atoms with E-state index in [2.05, 4.69) is 12.1 Å². The molecule has 0 atom stereocenters. The van der Waals surface area contributed by atoms with Crippen LogP contribution in [0, 0.1) is 0 Å². The third-order valence-electron chi connectivity index (χ3n) is 8.50. The number of nitrogens with zero attached hydrogens (tertiary/aromatic N) is 3. The molecule has 1 aliphatic rings. The summed E-state index contributed by atoms with van der Waals surface area (Å²) >= 11 is 0. The topological polar surface area (TPSA) is 86.0 Å². The van der Waals surface area contributed by atoms with Gasteiger partial charge in [-0.2, -0.15) is 0 Å². The number of aromatic nitrogens is 3. The molecular formula is C39H23N3O3S. The smallest absolute Gasteiger partial charge is 0.207 e. The maximum absolute atomic E-state index is 13.9. The molecule has 0 fully saturated rings. The second-order valence-corrected chi connectivity index (χ2v) is 13.2. The monoisotopic (exact) mass is 613 g/mol. The van der Waals surface area contributed by atoms with Gasteiger partial charge in [-0.1, -0.05) is 103 Å². The molecule has 1 aliphatic heterocycles. The van der Waals surface area contributed by atoms with Gasteiger partial charge in [-0.05, 0) is 47.5 Å². The molecule has 8 aromatic rings. The highest BCUT2D eigenvalue weighted by Crippen LogP contribution is 2.46. The van der Waals surface area contributed by atoms with Gasteiger partial charge >= 0.3 is 0 Å². The average Bonchev–Trinajstić information content (AvgIpc) is 3.59. The lowest BCUT2D eigenvalue weighted by Crippen LogP contribution is -2.01. The molecule has 9 rings (SSSR count). The van der Waals surface area contributed by atoms with Crippen LogP contribution in [-0.2, 0) is 9.84 Å². The summed E-state index contributed by atoms with van der Waals surface area (Å²) in [5.41, 5.74) is 7.11. The van der Waals surface area contributed by atoms with Crippen molar-refractivity contribution in [2.75, 3.05) is 0 Å². The number of benzene rings is 6. The standard InChI is InChI=1S/C39H23N3O3S/c43-46(44)35-20-17-26(27-15-18-30-29-13-7-8-14-33(29)45-34(30)22-27)21-32(35)31-19-16-28(23-36(31)46)39-41-37(24-9-3-1-4-10-24)40-38(42-39)25-11-5-2-6-12-25/h1-23H. The minimum absolute atomic E-state index is 0.243. The molecule has 0 spiro atoms. The molecule has 2 aromatic heterocycles. The van der Waals surface area contributed by atoms with E-state index in [9.17, 15) is 8.42 Å². The largest absolute Gasteiger partial charge is 0.456 e. The van der Waals surface area contributed by atoms with Crippen LogP contribution >= 0.6 is 0 Å². The summed E-state index contributed by atoms with van der Waals surface area (Å²) < 4.78 is 33.9. The van der Waals surface area contributed by atoms with Crippen LogP contribution in [-0.4, -0.2) is 23.4 Å². The molecule has 0 aliphatic carbocycles. The zero-order chi connectivity index (χ0) is 30.8. The Hall–Kier alpha value is -5.92. The van der Waals surface area contributed by atoms with Crippen molar-refractivity contribution in [3.05, 3.63) is 140 Å². The van der Waals surface area contributed by atoms with E-state index in [0.29, 0.717) is 39.1 Å².